The van der Waals surface area contributed by atoms with Crippen molar-refractivity contribution in [2.45, 2.75) is 20.0 Å². The molecule has 0 aliphatic carbocycles. The Morgan fingerprint density at radius 1 is 1.46 bits per heavy atom. The van der Waals surface area contributed by atoms with Gasteiger partial charge in [-0.15, -0.1) is 0 Å². The van der Waals surface area contributed by atoms with Crippen LogP contribution in [0.5, 0.6) is 0 Å². The van der Waals surface area contributed by atoms with Crippen LogP contribution >= 0.6 is 11.5 Å². The predicted molar refractivity (Wildman–Crippen MR) is 55.0 cm³/mol. The standard InChI is InChI=1S/C10H11NOS/c1-6-9-5-8(7(2)12)3-4-10(9)13-11-6/h3-5,7,12H,1-2H3. The number of benzene rings is 1. The first-order valence-electron chi connectivity index (χ1n) is 4.22. The molecule has 0 saturated heterocycles. The Balaban J connectivity index is 2.66. The summed E-state index contributed by atoms with van der Waals surface area (Å²) in [4.78, 5) is 0. The zero-order valence-corrected chi connectivity index (χ0v) is 8.43. The van der Waals surface area contributed by atoms with E-state index in [-0.39, 0.29) is 0 Å². The lowest BCUT2D eigenvalue weighted by atomic mass is 10.1. The Kier molecular flexibility index (Phi) is 2.06. The molecule has 0 aliphatic heterocycles. The Bertz CT molecular complexity index is 433. The minimum atomic E-state index is -0.399. The third-order valence-corrected chi connectivity index (χ3v) is 3.07. The summed E-state index contributed by atoms with van der Waals surface area (Å²) in [5, 5.41) is 10.6. The summed E-state index contributed by atoms with van der Waals surface area (Å²) in [5.74, 6) is 0. The first-order valence-corrected chi connectivity index (χ1v) is 5.00. The van der Waals surface area contributed by atoms with Gasteiger partial charge in [-0.2, -0.15) is 4.37 Å². The Hall–Kier alpha value is -0.930. The fraction of sp³-hybridized carbons (Fsp3) is 0.300. The Morgan fingerprint density at radius 2 is 2.23 bits per heavy atom. The SMILES string of the molecule is Cc1nsc2ccc(C(C)O)cc12. The fourth-order valence-electron chi connectivity index (χ4n) is 1.34. The highest BCUT2D eigenvalue weighted by molar-refractivity contribution is 7.13. The van der Waals surface area contributed by atoms with E-state index in [4.69, 9.17) is 0 Å². The molecule has 68 valence electrons. The second-order valence-corrected chi connectivity index (χ2v) is 4.00. The second kappa shape index (κ2) is 3.09. The quantitative estimate of drug-likeness (QED) is 0.755. The van der Waals surface area contributed by atoms with Gasteiger partial charge in [-0.3, -0.25) is 0 Å². The molecule has 3 heteroatoms. The van der Waals surface area contributed by atoms with Crippen molar-refractivity contribution in [1.82, 2.24) is 4.37 Å². The van der Waals surface area contributed by atoms with Gasteiger partial charge in [0.15, 0.2) is 0 Å². The summed E-state index contributed by atoms with van der Waals surface area (Å²) in [5.41, 5.74) is 2.00. The van der Waals surface area contributed by atoms with Gasteiger partial charge >= 0.3 is 0 Å². The van der Waals surface area contributed by atoms with E-state index < -0.39 is 6.10 Å². The van der Waals surface area contributed by atoms with E-state index in [0.29, 0.717) is 0 Å². The molecule has 0 amide bonds. The molecule has 2 nitrogen and oxygen atoms in total. The maximum Gasteiger partial charge on any atom is 0.0762 e. The summed E-state index contributed by atoms with van der Waals surface area (Å²) >= 11 is 1.50. The maximum atomic E-state index is 9.39. The van der Waals surface area contributed by atoms with E-state index in [2.05, 4.69) is 4.37 Å². The van der Waals surface area contributed by atoms with Crippen molar-refractivity contribution in [1.29, 1.82) is 0 Å². The third kappa shape index (κ3) is 1.45. The van der Waals surface area contributed by atoms with Gasteiger partial charge in [0.25, 0.3) is 0 Å². The molecular formula is C10H11NOS. The molecule has 1 N–H and O–H groups in total. The van der Waals surface area contributed by atoms with E-state index in [9.17, 15) is 5.11 Å². The molecule has 0 saturated carbocycles. The third-order valence-electron chi connectivity index (χ3n) is 2.16. The number of rotatable bonds is 1. The number of fused-ring (bicyclic) bond motifs is 1. The number of nitrogens with zero attached hydrogens (tertiary/aromatic N) is 1. The zero-order chi connectivity index (χ0) is 9.42. The smallest absolute Gasteiger partial charge is 0.0762 e. The molecule has 0 spiro atoms. The average Bonchev–Trinajstić information content (AvgIpc) is 2.47. The highest BCUT2D eigenvalue weighted by Crippen LogP contribution is 2.25. The number of aryl methyl sites for hydroxylation is 1. The molecule has 1 atom stereocenters. The number of aliphatic hydroxyl groups is 1. The van der Waals surface area contributed by atoms with Crippen molar-refractivity contribution in [3.05, 3.63) is 29.5 Å². The normalized spacial score (nSPS) is 13.5. The molecule has 2 aromatic rings. The zero-order valence-electron chi connectivity index (χ0n) is 7.61. The van der Waals surface area contributed by atoms with Crippen LogP contribution in [0.4, 0.5) is 0 Å². The topological polar surface area (TPSA) is 33.1 Å². The van der Waals surface area contributed by atoms with Crippen molar-refractivity contribution >= 4 is 21.6 Å². The molecule has 1 aromatic heterocycles. The Labute approximate surface area is 81.0 Å². The van der Waals surface area contributed by atoms with Gasteiger partial charge in [0, 0.05) is 5.39 Å². The number of hydrogen-bond acceptors (Lipinski definition) is 3. The number of aliphatic hydroxyl groups excluding tert-OH is 1. The van der Waals surface area contributed by atoms with Crippen LogP contribution in [0.2, 0.25) is 0 Å². The molecule has 1 heterocycles. The molecule has 1 aromatic carbocycles. The van der Waals surface area contributed by atoms with E-state index in [0.717, 1.165) is 16.6 Å². The van der Waals surface area contributed by atoms with Crippen LogP contribution in [0.1, 0.15) is 24.3 Å². The summed E-state index contributed by atoms with van der Waals surface area (Å²) in [6.07, 6.45) is -0.399. The molecule has 13 heavy (non-hydrogen) atoms. The van der Waals surface area contributed by atoms with Crippen LogP contribution in [0, 0.1) is 6.92 Å². The lowest BCUT2D eigenvalue weighted by molar-refractivity contribution is 0.199. The van der Waals surface area contributed by atoms with Crippen LogP contribution in [0.25, 0.3) is 10.1 Å². The van der Waals surface area contributed by atoms with Crippen molar-refractivity contribution < 1.29 is 5.11 Å². The largest absolute Gasteiger partial charge is 0.389 e. The highest BCUT2D eigenvalue weighted by Gasteiger charge is 2.05. The van der Waals surface area contributed by atoms with Gasteiger partial charge in [0.05, 0.1) is 16.5 Å². The van der Waals surface area contributed by atoms with Crippen molar-refractivity contribution in [2.75, 3.05) is 0 Å². The summed E-state index contributed by atoms with van der Waals surface area (Å²) in [6, 6.07) is 5.98. The van der Waals surface area contributed by atoms with Gasteiger partial charge in [-0.25, -0.2) is 0 Å². The van der Waals surface area contributed by atoms with Gasteiger partial charge in [-0.05, 0) is 43.1 Å². The maximum absolute atomic E-state index is 9.39. The van der Waals surface area contributed by atoms with Crippen molar-refractivity contribution in [3.8, 4) is 0 Å². The number of aromatic nitrogens is 1. The average molecular weight is 193 g/mol. The predicted octanol–water partition coefficient (Wildman–Crippen LogP) is 2.66. The molecular weight excluding hydrogens is 182 g/mol. The minimum Gasteiger partial charge on any atom is -0.389 e. The first kappa shape index (κ1) is 8.66. The van der Waals surface area contributed by atoms with E-state index in [1.54, 1.807) is 6.92 Å². The van der Waals surface area contributed by atoms with Gasteiger partial charge < -0.3 is 5.11 Å². The van der Waals surface area contributed by atoms with Gasteiger partial charge in [0.1, 0.15) is 0 Å². The highest BCUT2D eigenvalue weighted by atomic mass is 32.1. The fourth-order valence-corrected chi connectivity index (χ4v) is 2.10. The number of hydrogen-bond donors (Lipinski definition) is 1. The van der Waals surface area contributed by atoms with Crippen LogP contribution in [-0.2, 0) is 0 Å². The van der Waals surface area contributed by atoms with Crippen LogP contribution in [0.15, 0.2) is 18.2 Å². The van der Waals surface area contributed by atoms with Crippen molar-refractivity contribution in [3.63, 3.8) is 0 Å². The summed E-state index contributed by atoms with van der Waals surface area (Å²) in [7, 11) is 0. The summed E-state index contributed by atoms with van der Waals surface area (Å²) in [6.45, 7) is 3.76. The van der Waals surface area contributed by atoms with Crippen LogP contribution in [0.3, 0.4) is 0 Å². The van der Waals surface area contributed by atoms with E-state index in [1.165, 1.54) is 16.2 Å². The molecule has 0 fully saturated rings. The molecule has 0 bridgehead atoms. The first-order chi connectivity index (χ1) is 6.18. The second-order valence-electron chi connectivity index (χ2n) is 3.20. The monoisotopic (exact) mass is 193 g/mol. The van der Waals surface area contributed by atoms with Crippen LogP contribution < -0.4 is 0 Å². The van der Waals surface area contributed by atoms with Crippen molar-refractivity contribution in [2.24, 2.45) is 0 Å². The molecule has 1 unspecified atom stereocenters. The van der Waals surface area contributed by atoms with E-state index in [1.807, 2.05) is 25.1 Å². The minimum absolute atomic E-state index is 0.399. The van der Waals surface area contributed by atoms with E-state index >= 15 is 0 Å². The van der Waals surface area contributed by atoms with Gasteiger partial charge in [-0.1, -0.05) is 6.07 Å². The van der Waals surface area contributed by atoms with Crippen LogP contribution in [-0.4, -0.2) is 9.48 Å². The Morgan fingerprint density at radius 3 is 2.92 bits per heavy atom. The molecule has 2 rings (SSSR count). The molecule has 0 aliphatic rings. The molecule has 0 radical (unpaired) electrons. The lowest BCUT2D eigenvalue weighted by Crippen LogP contribution is -1.89. The lowest BCUT2D eigenvalue weighted by Gasteiger charge is -2.03. The van der Waals surface area contributed by atoms with Gasteiger partial charge in [0.2, 0.25) is 0 Å². The summed E-state index contributed by atoms with van der Waals surface area (Å²) < 4.78 is 5.44.